The van der Waals surface area contributed by atoms with Gasteiger partial charge in [-0.3, -0.25) is 0 Å². The number of fused-ring (bicyclic) bond motifs is 3. The maximum atomic E-state index is 5.94. The molecule has 2 atom stereocenters. The first-order chi connectivity index (χ1) is 8.86. The van der Waals surface area contributed by atoms with Crippen LogP contribution in [0.25, 0.3) is 5.65 Å². The highest BCUT2D eigenvalue weighted by Gasteiger charge is 2.39. The molecule has 2 bridgehead atoms. The van der Waals surface area contributed by atoms with Gasteiger partial charge in [0.25, 0.3) is 0 Å². The average Bonchev–Trinajstić information content (AvgIpc) is 3.10. The van der Waals surface area contributed by atoms with E-state index in [0.717, 1.165) is 23.1 Å². The predicted molar refractivity (Wildman–Crippen MR) is 71.6 cm³/mol. The van der Waals surface area contributed by atoms with Crippen molar-refractivity contribution in [3.8, 4) is 0 Å². The molecule has 0 amide bonds. The van der Waals surface area contributed by atoms with Crippen LogP contribution in [0, 0.1) is 5.92 Å². The quantitative estimate of drug-likeness (QED) is 0.873. The Hall–Kier alpha value is -1.55. The zero-order chi connectivity index (χ0) is 12.1. The Bertz CT molecular complexity index is 588. The summed E-state index contributed by atoms with van der Waals surface area (Å²) in [5, 5.41) is 0. The van der Waals surface area contributed by atoms with Gasteiger partial charge in [-0.2, -0.15) is 0 Å². The highest BCUT2D eigenvalue weighted by Crippen LogP contribution is 2.40. The van der Waals surface area contributed by atoms with Crippen LogP contribution < -0.4 is 10.6 Å². The largest absolute Gasteiger partial charge is 0.352 e. The van der Waals surface area contributed by atoms with Crippen molar-refractivity contribution in [3.63, 3.8) is 0 Å². The molecule has 2 aromatic rings. The first-order valence-corrected chi connectivity index (χ1v) is 6.79. The Kier molecular flexibility index (Phi) is 2.14. The fraction of sp³-hybridized carbons (Fsp3) is 0.500. The minimum absolute atomic E-state index is 0.550. The van der Waals surface area contributed by atoms with Crippen LogP contribution in [-0.2, 0) is 6.54 Å². The van der Waals surface area contributed by atoms with Gasteiger partial charge in [-0.05, 0) is 37.3 Å². The molecule has 1 aliphatic carbocycles. The molecule has 1 saturated heterocycles. The van der Waals surface area contributed by atoms with E-state index in [0.29, 0.717) is 12.6 Å². The summed E-state index contributed by atoms with van der Waals surface area (Å²) in [6, 6.07) is 6.82. The zero-order valence-corrected chi connectivity index (χ0v) is 10.4. The molecule has 2 N–H and O–H groups in total. The molecule has 2 fully saturated rings. The number of pyridine rings is 1. The van der Waals surface area contributed by atoms with Crippen LogP contribution in [0.2, 0.25) is 0 Å². The van der Waals surface area contributed by atoms with Crippen LogP contribution in [0.15, 0.2) is 24.4 Å². The third-order valence-corrected chi connectivity index (χ3v) is 4.48. The summed E-state index contributed by atoms with van der Waals surface area (Å²) >= 11 is 0. The Balaban J connectivity index is 1.84. The number of nitrogens with zero attached hydrogens (tertiary/aromatic N) is 3. The van der Waals surface area contributed by atoms with E-state index in [1.807, 2.05) is 12.1 Å². The van der Waals surface area contributed by atoms with Crippen molar-refractivity contribution < 1.29 is 0 Å². The number of hydrogen-bond donors (Lipinski definition) is 1. The molecular weight excluding hydrogens is 224 g/mol. The summed E-state index contributed by atoms with van der Waals surface area (Å²) in [7, 11) is 0. The standard InChI is InChI=1S/C14H18N4/c15-8-12-14(16-13-3-1-2-6-17(12)13)18-9-10-4-5-11(18)7-10/h1-3,6,10-11H,4-5,7-9,15H2. The lowest BCUT2D eigenvalue weighted by molar-refractivity contribution is 0.549. The normalized spacial score (nSPS) is 26.4. The van der Waals surface area contributed by atoms with Crippen molar-refractivity contribution in [3.05, 3.63) is 30.1 Å². The van der Waals surface area contributed by atoms with Gasteiger partial charge >= 0.3 is 0 Å². The summed E-state index contributed by atoms with van der Waals surface area (Å²) in [5.41, 5.74) is 8.10. The highest BCUT2D eigenvalue weighted by molar-refractivity contribution is 5.57. The summed E-state index contributed by atoms with van der Waals surface area (Å²) in [5.74, 6) is 2.00. The minimum atomic E-state index is 0.550. The number of rotatable bonds is 2. The lowest BCUT2D eigenvalue weighted by atomic mass is 10.1. The maximum absolute atomic E-state index is 5.94. The molecule has 2 aromatic heterocycles. The highest BCUT2D eigenvalue weighted by atomic mass is 15.3. The van der Waals surface area contributed by atoms with Crippen LogP contribution in [0.5, 0.6) is 0 Å². The number of anilines is 1. The third-order valence-electron chi connectivity index (χ3n) is 4.48. The minimum Gasteiger partial charge on any atom is -0.352 e. The van der Waals surface area contributed by atoms with Gasteiger partial charge in [0.05, 0.1) is 5.69 Å². The lowest BCUT2D eigenvalue weighted by Gasteiger charge is -2.27. The second kappa shape index (κ2) is 3.72. The van der Waals surface area contributed by atoms with Gasteiger partial charge in [0.2, 0.25) is 0 Å². The van der Waals surface area contributed by atoms with Gasteiger partial charge in [0.1, 0.15) is 5.65 Å². The van der Waals surface area contributed by atoms with Gasteiger partial charge in [0, 0.05) is 25.3 Å². The number of hydrogen-bond acceptors (Lipinski definition) is 3. The maximum Gasteiger partial charge on any atom is 0.152 e. The Morgan fingerprint density at radius 3 is 3.00 bits per heavy atom. The molecule has 18 heavy (non-hydrogen) atoms. The Labute approximate surface area is 106 Å². The van der Waals surface area contributed by atoms with Crippen LogP contribution >= 0.6 is 0 Å². The first-order valence-electron chi connectivity index (χ1n) is 6.79. The molecule has 4 nitrogen and oxygen atoms in total. The molecule has 2 unspecified atom stereocenters. The zero-order valence-electron chi connectivity index (χ0n) is 10.4. The molecule has 4 rings (SSSR count). The van der Waals surface area contributed by atoms with Crippen LogP contribution in [0.1, 0.15) is 25.0 Å². The van der Waals surface area contributed by atoms with Gasteiger partial charge in [-0.15, -0.1) is 0 Å². The van der Waals surface area contributed by atoms with Crippen molar-refractivity contribution >= 4 is 11.5 Å². The monoisotopic (exact) mass is 242 g/mol. The average molecular weight is 242 g/mol. The second-order valence-electron chi connectivity index (χ2n) is 5.50. The molecule has 0 radical (unpaired) electrons. The summed E-state index contributed by atoms with van der Waals surface area (Å²) < 4.78 is 2.13. The lowest BCUT2D eigenvalue weighted by Crippen LogP contribution is -2.33. The van der Waals surface area contributed by atoms with E-state index in [1.54, 1.807) is 0 Å². The Morgan fingerprint density at radius 1 is 1.33 bits per heavy atom. The molecule has 1 saturated carbocycles. The molecule has 1 aliphatic heterocycles. The summed E-state index contributed by atoms with van der Waals surface area (Å²) in [4.78, 5) is 7.28. The Morgan fingerprint density at radius 2 is 2.28 bits per heavy atom. The SMILES string of the molecule is NCc1c(N2CC3CCC2C3)nc2ccccn12. The smallest absolute Gasteiger partial charge is 0.152 e. The molecule has 2 aliphatic rings. The molecule has 3 heterocycles. The van der Waals surface area contributed by atoms with Crippen molar-refractivity contribution in [2.75, 3.05) is 11.4 Å². The molecule has 0 aromatic carbocycles. The number of nitrogens with two attached hydrogens (primary N) is 1. The fourth-order valence-corrected chi connectivity index (χ4v) is 3.64. The number of aromatic nitrogens is 2. The summed E-state index contributed by atoms with van der Waals surface area (Å²) in [6.45, 7) is 1.72. The van der Waals surface area contributed by atoms with Crippen LogP contribution in [0.4, 0.5) is 5.82 Å². The number of imidazole rings is 1. The van der Waals surface area contributed by atoms with E-state index in [-0.39, 0.29) is 0 Å². The van der Waals surface area contributed by atoms with Gasteiger partial charge in [0.15, 0.2) is 5.82 Å². The van der Waals surface area contributed by atoms with E-state index < -0.39 is 0 Å². The molecule has 0 spiro atoms. The third kappa shape index (κ3) is 1.32. The topological polar surface area (TPSA) is 46.6 Å². The van der Waals surface area contributed by atoms with E-state index in [9.17, 15) is 0 Å². The van der Waals surface area contributed by atoms with E-state index in [1.165, 1.54) is 25.8 Å². The summed E-state index contributed by atoms with van der Waals surface area (Å²) in [6.07, 6.45) is 6.12. The van der Waals surface area contributed by atoms with Gasteiger partial charge in [-0.25, -0.2) is 4.98 Å². The van der Waals surface area contributed by atoms with Crippen LogP contribution in [0.3, 0.4) is 0 Å². The van der Waals surface area contributed by atoms with Crippen molar-refractivity contribution in [1.82, 2.24) is 9.38 Å². The van der Waals surface area contributed by atoms with E-state index in [4.69, 9.17) is 10.7 Å². The number of piperidine rings is 1. The first kappa shape index (κ1) is 10.4. The predicted octanol–water partition coefficient (Wildman–Crippen LogP) is 1.78. The molecule has 4 heteroatoms. The molecule has 94 valence electrons. The second-order valence-corrected chi connectivity index (χ2v) is 5.50. The van der Waals surface area contributed by atoms with E-state index >= 15 is 0 Å². The van der Waals surface area contributed by atoms with Crippen LogP contribution in [-0.4, -0.2) is 22.0 Å². The van der Waals surface area contributed by atoms with Crippen molar-refractivity contribution in [2.24, 2.45) is 11.7 Å². The van der Waals surface area contributed by atoms with Crippen molar-refractivity contribution in [1.29, 1.82) is 0 Å². The molecular formula is C14H18N4. The van der Waals surface area contributed by atoms with Gasteiger partial charge in [-0.1, -0.05) is 6.07 Å². The van der Waals surface area contributed by atoms with Gasteiger partial charge < -0.3 is 15.0 Å². The fourth-order valence-electron chi connectivity index (χ4n) is 3.64. The van der Waals surface area contributed by atoms with E-state index in [2.05, 4.69) is 21.6 Å². The van der Waals surface area contributed by atoms with Crippen molar-refractivity contribution in [2.45, 2.75) is 31.8 Å².